The molecule has 0 unspecified atom stereocenters. The van der Waals surface area contributed by atoms with Gasteiger partial charge < -0.3 is 25.6 Å². The second kappa shape index (κ2) is 12.1. The largest absolute Gasteiger partial charge is 0.495 e. The zero-order chi connectivity index (χ0) is 25.2. The van der Waals surface area contributed by atoms with Crippen molar-refractivity contribution in [2.75, 3.05) is 55.6 Å². The Balaban J connectivity index is 1.72. The van der Waals surface area contributed by atoms with E-state index in [-0.39, 0.29) is 11.9 Å². The van der Waals surface area contributed by atoms with Gasteiger partial charge in [0, 0.05) is 37.1 Å². The number of aromatic nitrogens is 2. The lowest BCUT2D eigenvalue weighted by atomic mass is 10.2. The molecule has 10 nitrogen and oxygen atoms in total. The number of benzene rings is 2. The van der Waals surface area contributed by atoms with Crippen molar-refractivity contribution in [1.29, 1.82) is 0 Å². The monoisotopic (exact) mass is 475 g/mol. The number of hydrogen-bond donors (Lipinski definition) is 3. The Bertz CT molecular complexity index is 1180. The Morgan fingerprint density at radius 1 is 0.971 bits per heavy atom. The summed E-state index contributed by atoms with van der Waals surface area (Å²) in [6, 6.07) is 15.7. The molecule has 0 spiro atoms. The minimum absolute atomic E-state index is 0.238. The van der Waals surface area contributed by atoms with E-state index in [4.69, 9.17) is 4.74 Å². The first kappa shape index (κ1) is 25.2. The molecule has 0 aliphatic rings. The minimum atomic E-state index is -0.342. The van der Waals surface area contributed by atoms with Crippen LogP contribution in [-0.4, -0.2) is 61.6 Å². The summed E-state index contributed by atoms with van der Waals surface area (Å²) in [6.07, 6.45) is 4.63. The highest BCUT2D eigenvalue weighted by Crippen LogP contribution is 2.30. The number of anilines is 5. The van der Waals surface area contributed by atoms with Gasteiger partial charge in [0.1, 0.15) is 23.7 Å². The molecule has 0 bridgehead atoms. The predicted molar refractivity (Wildman–Crippen MR) is 138 cm³/mol. The van der Waals surface area contributed by atoms with Crippen molar-refractivity contribution in [3.05, 3.63) is 73.1 Å². The van der Waals surface area contributed by atoms with Crippen LogP contribution in [0.15, 0.2) is 73.1 Å². The number of hydrogen-bond acceptors (Lipinski definition) is 7. The molecule has 3 amide bonds. The van der Waals surface area contributed by atoms with Crippen molar-refractivity contribution in [1.82, 2.24) is 14.9 Å². The summed E-state index contributed by atoms with van der Waals surface area (Å²) < 4.78 is 5.44. The highest BCUT2D eigenvalue weighted by molar-refractivity contribution is 6.01. The zero-order valence-electron chi connectivity index (χ0n) is 20.1. The van der Waals surface area contributed by atoms with E-state index in [1.165, 1.54) is 17.3 Å². The van der Waals surface area contributed by atoms with Gasteiger partial charge in [-0.3, -0.25) is 9.69 Å². The van der Waals surface area contributed by atoms with Crippen molar-refractivity contribution in [2.24, 2.45) is 0 Å². The van der Waals surface area contributed by atoms with Crippen LogP contribution in [0.4, 0.5) is 33.5 Å². The molecule has 3 aromatic rings. The molecule has 35 heavy (non-hydrogen) atoms. The minimum Gasteiger partial charge on any atom is -0.495 e. The number of rotatable bonds is 9. The molecule has 182 valence electrons. The van der Waals surface area contributed by atoms with Crippen molar-refractivity contribution in [3.8, 4) is 5.75 Å². The van der Waals surface area contributed by atoms with E-state index < -0.39 is 0 Å². The van der Waals surface area contributed by atoms with Gasteiger partial charge in [0.15, 0.2) is 0 Å². The fourth-order valence-corrected chi connectivity index (χ4v) is 3.01. The van der Waals surface area contributed by atoms with Gasteiger partial charge in [-0.25, -0.2) is 14.8 Å². The van der Waals surface area contributed by atoms with Gasteiger partial charge in [0.2, 0.25) is 5.91 Å². The molecule has 0 radical (unpaired) electrons. The van der Waals surface area contributed by atoms with Crippen molar-refractivity contribution < 1.29 is 14.3 Å². The molecule has 0 fully saturated rings. The summed E-state index contributed by atoms with van der Waals surface area (Å²) in [4.78, 5) is 36.6. The highest BCUT2D eigenvalue weighted by atomic mass is 16.5. The maximum absolute atomic E-state index is 12.6. The van der Waals surface area contributed by atoms with E-state index in [1.807, 2.05) is 37.2 Å². The summed E-state index contributed by atoms with van der Waals surface area (Å²) in [7, 11) is 7.02. The number of carbonyl (C=O) groups is 2. The normalized spacial score (nSPS) is 10.8. The van der Waals surface area contributed by atoms with Crippen molar-refractivity contribution in [3.63, 3.8) is 0 Å². The Morgan fingerprint density at radius 3 is 2.46 bits per heavy atom. The van der Waals surface area contributed by atoms with Crippen LogP contribution >= 0.6 is 0 Å². The van der Waals surface area contributed by atoms with Gasteiger partial charge in [-0.2, -0.15) is 0 Å². The van der Waals surface area contributed by atoms with Crippen LogP contribution in [0.1, 0.15) is 0 Å². The second-order valence-corrected chi connectivity index (χ2v) is 7.81. The fourth-order valence-electron chi connectivity index (χ4n) is 3.01. The van der Waals surface area contributed by atoms with Gasteiger partial charge in [-0.05, 0) is 44.4 Å². The van der Waals surface area contributed by atoms with Crippen LogP contribution in [0.2, 0.25) is 0 Å². The van der Waals surface area contributed by atoms with E-state index >= 15 is 0 Å². The predicted octanol–water partition coefficient (Wildman–Crippen LogP) is 3.95. The van der Waals surface area contributed by atoms with Crippen LogP contribution in [0.3, 0.4) is 0 Å². The molecule has 1 aromatic heterocycles. The van der Waals surface area contributed by atoms with Crippen LogP contribution in [-0.2, 0) is 4.79 Å². The number of carbonyl (C=O) groups excluding carboxylic acids is 2. The topological polar surface area (TPSA) is 112 Å². The molecule has 3 N–H and O–H groups in total. The lowest BCUT2D eigenvalue weighted by Crippen LogP contribution is -2.31. The first-order valence-corrected chi connectivity index (χ1v) is 10.8. The van der Waals surface area contributed by atoms with Crippen LogP contribution in [0.25, 0.3) is 0 Å². The number of urea groups is 1. The van der Waals surface area contributed by atoms with Crippen molar-refractivity contribution >= 4 is 40.6 Å². The van der Waals surface area contributed by atoms with Gasteiger partial charge in [-0.1, -0.05) is 24.3 Å². The van der Waals surface area contributed by atoms with E-state index in [0.29, 0.717) is 41.0 Å². The third-order valence-corrected chi connectivity index (χ3v) is 4.80. The molecule has 0 aliphatic heterocycles. The van der Waals surface area contributed by atoms with Crippen molar-refractivity contribution in [2.45, 2.75) is 0 Å². The standard InChI is InChI=1S/C25H29N7O3/c1-31(2)14-8-11-24(33)28-19-12-13-21(35-4)20(15-19)30-22-16-23(27-17-26-22)32(3)25(34)29-18-9-6-5-7-10-18/h5-13,15-17H,14H2,1-4H3,(H,28,33)(H,29,34)(H,26,27,30)/b11-8+. The van der Waals surface area contributed by atoms with Gasteiger partial charge >= 0.3 is 6.03 Å². The van der Waals surface area contributed by atoms with Gasteiger partial charge in [0.05, 0.1) is 12.8 Å². The van der Waals surface area contributed by atoms with E-state index in [9.17, 15) is 9.59 Å². The molecule has 10 heteroatoms. The lowest BCUT2D eigenvalue weighted by Gasteiger charge is -2.18. The average molecular weight is 476 g/mol. The van der Waals surface area contributed by atoms with E-state index in [0.717, 1.165) is 0 Å². The number of amides is 3. The first-order valence-electron chi connectivity index (χ1n) is 10.8. The van der Waals surface area contributed by atoms with Gasteiger partial charge in [0.25, 0.3) is 0 Å². The molecule has 1 heterocycles. The fraction of sp³-hybridized carbons (Fsp3) is 0.200. The Labute approximate surface area is 204 Å². The maximum Gasteiger partial charge on any atom is 0.327 e. The summed E-state index contributed by atoms with van der Waals surface area (Å²) in [5.74, 6) is 1.16. The highest BCUT2D eigenvalue weighted by Gasteiger charge is 2.14. The molecule has 0 atom stereocenters. The SMILES string of the molecule is COc1ccc(NC(=O)/C=C/CN(C)C)cc1Nc1cc(N(C)C(=O)Nc2ccccc2)ncn1. The van der Waals surface area contributed by atoms with E-state index in [1.54, 1.807) is 56.6 Å². The Hall–Kier alpha value is -4.44. The second-order valence-electron chi connectivity index (χ2n) is 7.81. The Morgan fingerprint density at radius 2 is 1.74 bits per heavy atom. The number of likely N-dealkylation sites (N-methyl/N-ethyl adjacent to an activating group) is 1. The number of nitrogens with zero attached hydrogens (tertiary/aromatic N) is 4. The summed E-state index contributed by atoms with van der Waals surface area (Å²) >= 11 is 0. The molecule has 2 aromatic carbocycles. The van der Waals surface area contributed by atoms with Gasteiger partial charge in [-0.15, -0.1) is 0 Å². The maximum atomic E-state index is 12.6. The zero-order valence-corrected chi connectivity index (χ0v) is 20.1. The molecule has 0 aliphatic carbocycles. The van der Waals surface area contributed by atoms with Crippen LogP contribution in [0, 0.1) is 0 Å². The lowest BCUT2D eigenvalue weighted by molar-refractivity contribution is -0.111. The molecule has 0 saturated heterocycles. The molecule has 3 rings (SSSR count). The Kier molecular flexibility index (Phi) is 8.74. The third-order valence-electron chi connectivity index (χ3n) is 4.80. The van der Waals surface area contributed by atoms with Crippen LogP contribution in [0.5, 0.6) is 5.75 Å². The van der Waals surface area contributed by atoms with E-state index in [2.05, 4.69) is 25.9 Å². The summed E-state index contributed by atoms with van der Waals surface area (Å²) in [5.41, 5.74) is 1.85. The molecule has 0 saturated carbocycles. The number of para-hydroxylation sites is 1. The summed E-state index contributed by atoms with van der Waals surface area (Å²) in [6.45, 7) is 0.663. The number of methoxy groups -OCH3 is 1. The first-order chi connectivity index (χ1) is 16.9. The van der Waals surface area contributed by atoms with Crippen LogP contribution < -0.4 is 25.6 Å². The third kappa shape index (κ3) is 7.54. The smallest absolute Gasteiger partial charge is 0.327 e. The average Bonchev–Trinajstić information content (AvgIpc) is 2.84. The molecular weight excluding hydrogens is 446 g/mol. The quantitative estimate of drug-likeness (QED) is 0.402. The summed E-state index contributed by atoms with van der Waals surface area (Å²) in [5, 5.41) is 8.81. The number of nitrogens with one attached hydrogen (secondary N) is 3. The number of ether oxygens (including phenoxy) is 1. The molecular formula is C25H29N7O3.